The summed E-state index contributed by atoms with van der Waals surface area (Å²) in [5, 5.41) is 4.92. The van der Waals surface area contributed by atoms with Gasteiger partial charge >= 0.3 is 30.3 Å². The summed E-state index contributed by atoms with van der Waals surface area (Å²) in [7, 11) is 1.08. The second-order valence-electron chi connectivity index (χ2n) is 23.0. The summed E-state index contributed by atoms with van der Waals surface area (Å²) in [5.74, 6) is -2.57. The number of hydrogen-bond acceptors (Lipinski definition) is 13. The molecule has 19 heteroatoms. The fourth-order valence-electron chi connectivity index (χ4n) is 11.9. The first-order chi connectivity index (χ1) is 30.7. The maximum Gasteiger partial charge on any atom is 0.449 e. The summed E-state index contributed by atoms with van der Waals surface area (Å²) in [6, 6.07) is 3.45. The van der Waals surface area contributed by atoms with Gasteiger partial charge in [0.05, 0.1) is 44.3 Å². The molecule has 5 aliphatic rings. The van der Waals surface area contributed by atoms with Gasteiger partial charge in [-0.25, -0.2) is 34.0 Å². The number of fused-ring (bicyclic) bond motifs is 1. The highest BCUT2D eigenvalue weighted by molar-refractivity contribution is 5.96. The van der Waals surface area contributed by atoms with Crippen LogP contribution in [0.4, 0.5) is 28.6 Å². The topological polar surface area (TPSA) is 169 Å². The molecule has 4 fully saturated rings. The van der Waals surface area contributed by atoms with E-state index in [1.165, 1.54) is 0 Å². The smallest absolute Gasteiger partial charge is 0.449 e. The molecule has 0 N–H and O–H groups in total. The molecular formula is C48H66F3N7O9. The number of aromatic nitrogens is 5. The number of pyridine rings is 1. The summed E-state index contributed by atoms with van der Waals surface area (Å²) >= 11 is 0. The van der Waals surface area contributed by atoms with Gasteiger partial charge in [-0.2, -0.15) is 18.3 Å². The number of imidazole rings is 1. The first kappa shape index (κ1) is 49.7. The van der Waals surface area contributed by atoms with E-state index >= 15 is 0 Å². The molecule has 368 valence electrons. The number of anilines is 1. The van der Waals surface area contributed by atoms with E-state index in [9.17, 15) is 32.3 Å². The molecule has 0 spiro atoms. The SMILES string of the molecule is COC(=O)c1nc(C(F)(F)F)n2c1CN(c1ccc(-c3cnn(CC45CC6(C)CC(C)(C4)CC(OCCN(C(=O)OC(C)(C)C)C(=O)OC(C)(C)C)(C6)C5)c3C)c(C(=O)OC(C)(C)C)n1)CC2. The summed E-state index contributed by atoms with van der Waals surface area (Å²) in [6.45, 7) is 22.7. The Morgan fingerprint density at radius 3 is 1.90 bits per heavy atom. The largest absolute Gasteiger partial charge is 0.464 e. The fourth-order valence-corrected chi connectivity index (χ4v) is 11.9. The van der Waals surface area contributed by atoms with Gasteiger partial charge in [-0.3, -0.25) is 4.68 Å². The Bertz CT molecular complexity index is 2390. The summed E-state index contributed by atoms with van der Waals surface area (Å²) in [5.41, 5.74) is -1.81. The van der Waals surface area contributed by atoms with Crippen molar-refractivity contribution < 1.29 is 56.0 Å². The van der Waals surface area contributed by atoms with Crippen molar-refractivity contribution in [2.75, 3.05) is 31.7 Å². The lowest BCUT2D eigenvalue weighted by Crippen LogP contribution is -2.64. The third-order valence-corrected chi connectivity index (χ3v) is 12.9. The lowest BCUT2D eigenvalue weighted by molar-refractivity contribution is -0.248. The van der Waals surface area contributed by atoms with Crippen molar-refractivity contribution in [1.29, 1.82) is 0 Å². The van der Waals surface area contributed by atoms with Gasteiger partial charge in [0.2, 0.25) is 5.82 Å². The quantitative estimate of drug-likeness (QED) is 0.139. The van der Waals surface area contributed by atoms with Crippen LogP contribution in [0, 0.1) is 23.2 Å². The first-order valence-corrected chi connectivity index (χ1v) is 22.9. The van der Waals surface area contributed by atoms with E-state index in [1.54, 1.807) is 85.5 Å². The zero-order chi connectivity index (χ0) is 49.5. The molecule has 1 aliphatic heterocycles. The normalized spacial score (nSPS) is 24.9. The molecular weight excluding hydrogens is 876 g/mol. The first-order valence-electron chi connectivity index (χ1n) is 22.9. The van der Waals surface area contributed by atoms with Crippen molar-refractivity contribution in [3.05, 3.63) is 46.9 Å². The van der Waals surface area contributed by atoms with Gasteiger partial charge in [0, 0.05) is 36.5 Å². The van der Waals surface area contributed by atoms with E-state index in [0.717, 1.165) is 60.8 Å². The number of imide groups is 1. The zero-order valence-corrected chi connectivity index (χ0v) is 41.2. The third-order valence-electron chi connectivity index (χ3n) is 12.9. The second-order valence-corrected chi connectivity index (χ2v) is 23.0. The minimum Gasteiger partial charge on any atom is -0.464 e. The van der Waals surface area contributed by atoms with Crippen molar-refractivity contribution in [3.8, 4) is 11.1 Å². The van der Waals surface area contributed by atoms with E-state index in [0.29, 0.717) is 23.5 Å². The molecule has 3 aromatic rings. The van der Waals surface area contributed by atoms with Gasteiger partial charge in [0.25, 0.3) is 0 Å². The lowest BCUT2D eigenvalue weighted by Gasteiger charge is -2.69. The number of hydrogen-bond donors (Lipinski definition) is 0. The zero-order valence-electron chi connectivity index (χ0n) is 41.2. The average Bonchev–Trinajstić information content (AvgIpc) is 3.72. The Balaban J connectivity index is 1.16. The molecule has 3 aromatic heterocycles. The number of carbonyl (C=O) groups is 4. The molecule has 2 unspecified atom stereocenters. The van der Waals surface area contributed by atoms with E-state index in [1.807, 2.05) is 11.6 Å². The van der Waals surface area contributed by atoms with Crippen LogP contribution in [-0.4, -0.2) is 103 Å². The third kappa shape index (κ3) is 10.6. The molecule has 0 radical (unpaired) electrons. The van der Waals surface area contributed by atoms with Crippen LogP contribution < -0.4 is 4.90 Å². The molecule has 8 rings (SSSR count). The van der Waals surface area contributed by atoms with Crippen LogP contribution in [0.3, 0.4) is 0 Å². The number of amides is 2. The molecule has 16 nitrogen and oxygen atoms in total. The Kier molecular flexibility index (Phi) is 12.5. The van der Waals surface area contributed by atoms with Crippen LogP contribution >= 0.6 is 0 Å². The number of rotatable bonds is 10. The van der Waals surface area contributed by atoms with Crippen molar-refractivity contribution in [2.45, 2.75) is 170 Å². The lowest BCUT2D eigenvalue weighted by atomic mass is 9.39. The number of esters is 2. The fraction of sp³-hybridized carbons (Fsp3) is 0.688. The molecule has 0 aromatic carbocycles. The van der Waals surface area contributed by atoms with E-state index in [-0.39, 0.29) is 60.4 Å². The van der Waals surface area contributed by atoms with Crippen molar-refractivity contribution >= 4 is 29.9 Å². The van der Waals surface area contributed by atoms with Crippen LogP contribution in [0.2, 0.25) is 0 Å². The van der Waals surface area contributed by atoms with Gasteiger partial charge in [0.1, 0.15) is 22.6 Å². The monoisotopic (exact) mass is 941 g/mol. The molecule has 4 bridgehead atoms. The minimum absolute atomic E-state index is 0.00677. The maximum atomic E-state index is 14.0. The molecule has 4 saturated carbocycles. The predicted molar refractivity (Wildman–Crippen MR) is 239 cm³/mol. The summed E-state index contributed by atoms with van der Waals surface area (Å²) in [6.07, 6.45) is 0.693. The van der Waals surface area contributed by atoms with Gasteiger partial charge in [-0.15, -0.1) is 0 Å². The Labute approximate surface area is 390 Å². The molecule has 2 atom stereocenters. The highest BCUT2D eigenvalue weighted by Crippen LogP contribution is 2.72. The highest BCUT2D eigenvalue weighted by Gasteiger charge is 2.66. The number of carbonyl (C=O) groups excluding carboxylic acids is 4. The Hall–Kier alpha value is -5.20. The van der Waals surface area contributed by atoms with Crippen molar-refractivity contribution in [1.82, 2.24) is 29.2 Å². The van der Waals surface area contributed by atoms with E-state index < -0.39 is 64.2 Å². The standard InChI is InChI=1S/C48H66F3N7O9/c1-29-31(30-14-15-33(53-34(30)37(60)65-41(2,3)4)55-16-17-56-32(21-55)35(36(59)63-13)54-38(56)48(49,50)51)20-52-58(29)28-46-23-44(11)22-45(12,24-46)26-47(25-44,27-46)64-19-18-57(39(61)66-42(5,6)7)40(62)67-43(8,9)10/h14-15,20H,16-19,21-28H2,1-13H3. The van der Waals surface area contributed by atoms with Gasteiger partial charge < -0.3 is 33.2 Å². The average molecular weight is 942 g/mol. The van der Waals surface area contributed by atoms with E-state index in [2.05, 4.69) is 18.8 Å². The van der Waals surface area contributed by atoms with Crippen LogP contribution in [0.15, 0.2) is 18.3 Å². The van der Waals surface area contributed by atoms with E-state index in [4.69, 9.17) is 33.8 Å². The molecule has 4 heterocycles. The maximum absolute atomic E-state index is 14.0. The highest BCUT2D eigenvalue weighted by atomic mass is 19.4. The predicted octanol–water partition coefficient (Wildman–Crippen LogP) is 9.54. The molecule has 4 aliphatic carbocycles. The number of methoxy groups -OCH3 is 1. The Morgan fingerprint density at radius 1 is 0.746 bits per heavy atom. The number of ether oxygens (including phenoxy) is 5. The number of alkyl halides is 3. The second kappa shape index (κ2) is 16.8. The molecule has 0 saturated heterocycles. The van der Waals surface area contributed by atoms with Gasteiger partial charge in [0.15, 0.2) is 11.4 Å². The van der Waals surface area contributed by atoms with Crippen LogP contribution in [0.25, 0.3) is 11.1 Å². The van der Waals surface area contributed by atoms with Crippen LogP contribution in [-0.2, 0) is 49.5 Å². The summed E-state index contributed by atoms with van der Waals surface area (Å²) < 4.78 is 73.7. The summed E-state index contributed by atoms with van der Waals surface area (Å²) in [4.78, 5) is 64.4. The van der Waals surface area contributed by atoms with Crippen LogP contribution in [0.1, 0.15) is 153 Å². The number of nitrogens with zero attached hydrogens (tertiary/aromatic N) is 7. The molecule has 67 heavy (non-hydrogen) atoms. The van der Waals surface area contributed by atoms with Crippen LogP contribution in [0.5, 0.6) is 0 Å². The van der Waals surface area contributed by atoms with Crippen molar-refractivity contribution in [3.63, 3.8) is 0 Å². The van der Waals surface area contributed by atoms with Crippen molar-refractivity contribution in [2.24, 2.45) is 16.2 Å². The minimum atomic E-state index is -4.80. The molecule has 2 amide bonds. The van der Waals surface area contributed by atoms with Gasteiger partial charge in [-0.05, 0) is 136 Å². The Morgan fingerprint density at radius 2 is 1.34 bits per heavy atom. The van der Waals surface area contributed by atoms with Gasteiger partial charge in [-0.1, -0.05) is 13.8 Å². The number of halogens is 3.